The van der Waals surface area contributed by atoms with Crippen molar-refractivity contribution >= 4 is 11.5 Å². The molecular weight excluding hydrogens is 284 g/mol. The molecule has 0 unspecified atom stereocenters. The summed E-state index contributed by atoms with van der Waals surface area (Å²) in [6.07, 6.45) is 3.35. The standard InChI is InChI=1S/C19H24N4/c1-14-5-3-6-17(15(14)2)16-11-18-19(20-12-16)21-13-23(18)10-9-22-7-4-8-22/h3,5-6,11-12H,4,7-10,13H2,1-2H3,(H,20,21). The van der Waals surface area contributed by atoms with Crippen LogP contribution in [0.15, 0.2) is 30.5 Å². The number of benzene rings is 1. The Balaban J connectivity index is 1.60. The number of aryl methyl sites for hydroxylation is 1. The molecule has 4 nitrogen and oxygen atoms in total. The quantitative estimate of drug-likeness (QED) is 0.939. The van der Waals surface area contributed by atoms with Crippen LogP contribution in [-0.2, 0) is 0 Å². The molecule has 4 heteroatoms. The monoisotopic (exact) mass is 308 g/mol. The van der Waals surface area contributed by atoms with E-state index in [0.29, 0.717) is 0 Å². The number of hydrogen-bond acceptors (Lipinski definition) is 4. The molecular formula is C19H24N4. The average Bonchev–Trinajstić information content (AvgIpc) is 2.91. The molecule has 0 radical (unpaired) electrons. The van der Waals surface area contributed by atoms with Gasteiger partial charge in [0, 0.05) is 24.8 Å². The van der Waals surface area contributed by atoms with Gasteiger partial charge in [-0.25, -0.2) is 4.98 Å². The third kappa shape index (κ3) is 2.68. The van der Waals surface area contributed by atoms with Crippen molar-refractivity contribution in [2.45, 2.75) is 20.3 Å². The summed E-state index contributed by atoms with van der Waals surface area (Å²) in [7, 11) is 0. The lowest BCUT2D eigenvalue weighted by atomic mass is 9.98. The van der Waals surface area contributed by atoms with E-state index in [0.717, 1.165) is 25.6 Å². The van der Waals surface area contributed by atoms with E-state index in [9.17, 15) is 0 Å². The SMILES string of the molecule is Cc1cccc(-c2cnc3c(c2)N(CCN2CCC2)CN3)c1C. The lowest BCUT2D eigenvalue weighted by Crippen LogP contribution is -2.42. The largest absolute Gasteiger partial charge is 0.351 e. The smallest absolute Gasteiger partial charge is 0.151 e. The molecule has 1 N–H and O–H groups in total. The molecule has 4 rings (SSSR count). The lowest BCUT2D eigenvalue weighted by molar-refractivity contribution is 0.186. The van der Waals surface area contributed by atoms with Gasteiger partial charge in [-0.3, -0.25) is 0 Å². The van der Waals surface area contributed by atoms with E-state index in [-0.39, 0.29) is 0 Å². The Morgan fingerprint density at radius 1 is 1.17 bits per heavy atom. The molecule has 0 aliphatic carbocycles. The van der Waals surface area contributed by atoms with Crippen molar-refractivity contribution in [1.29, 1.82) is 0 Å². The first-order valence-electron chi connectivity index (χ1n) is 8.50. The van der Waals surface area contributed by atoms with Crippen molar-refractivity contribution in [2.75, 3.05) is 43.1 Å². The fraction of sp³-hybridized carbons (Fsp3) is 0.421. The summed E-state index contributed by atoms with van der Waals surface area (Å²) in [4.78, 5) is 9.58. The van der Waals surface area contributed by atoms with Crippen molar-refractivity contribution in [2.24, 2.45) is 0 Å². The number of aromatic nitrogens is 1. The van der Waals surface area contributed by atoms with E-state index in [1.807, 2.05) is 6.20 Å². The van der Waals surface area contributed by atoms with Gasteiger partial charge in [-0.1, -0.05) is 18.2 Å². The minimum atomic E-state index is 0.867. The molecule has 0 saturated carbocycles. The van der Waals surface area contributed by atoms with Crippen molar-refractivity contribution in [3.63, 3.8) is 0 Å². The summed E-state index contributed by atoms with van der Waals surface area (Å²) in [6, 6.07) is 8.78. The topological polar surface area (TPSA) is 31.4 Å². The molecule has 1 aromatic carbocycles. The van der Waals surface area contributed by atoms with Gasteiger partial charge in [-0.2, -0.15) is 0 Å². The first kappa shape index (κ1) is 14.5. The summed E-state index contributed by atoms with van der Waals surface area (Å²) in [5, 5.41) is 3.41. The second-order valence-electron chi connectivity index (χ2n) is 6.63. The fourth-order valence-electron chi connectivity index (χ4n) is 3.36. The lowest BCUT2D eigenvalue weighted by Gasteiger charge is -2.32. The summed E-state index contributed by atoms with van der Waals surface area (Å²) in [5.41, 5.74) is 6.41. The number of rotatable bonds is 4. The van der Waals surface area contributed by atoms with Gasteiger partial charge in [-0.15, -0.1) is 0 Å². The molecule has 3 heterocycles. The zero-order valence-corrected chi connectivity index (χ0v) is 14.0. The maximum Gasteiger partial charge on any atom is 0.151 e. The molecule has 120 valence electrons. The molecule has 0 amide bonds. The van der Waals surface area contributed by atoms with E-state index < -0.39 is 0 Å². The first-order valence-corrected chi connectivity index (χ1v) is 8.50. The number of nitrogens with one attached hydrogen (secondary N) is 1. The Hall–Kier alpha value is -2.07. The maximum absolute atomic E-state index is 4.65. The van der Waals surface area contributed by atoms with E-state index >= 15 is 0 Å². The highest BCUT2D eigenvalue weighted by Crippen LogP contribution is 2.34. The van der Waals surface area contributed by atoms with Gasteiger partial charge in [0.1, 0.15) is 0 Å². The van der Waals surface area contributed by atoms with E-state index in [4.69, 9.17) is 0 Å². The first-order chi connectivity index (χ1) is 11.2. The van der Waals surface area contributed by atoms with E-state index in [1.165, 1.54) is 47.5 Å². The number of likely N-dealkylation sites (tertiary alicyclic amines) is 1. The van der Waals surface area contributed by atoms with Crippen LogP contribution in [0.5, 0.6) is 0 Å². The predicted molar refractivity (Wildman–Crippen MR) is 96.0 cm³/mol. The van der Waals surface area contributed by atoms with Crippen molar-refractivity contribution in [3.8, 4) is 11.1 Å². The molecule has 0 spiro atoms. The van der Waals surface area contributed by atoms with Crippen LogP contribution in [0.3, 0.4) is 0 Å². The summed E-state index contributed by atoms with van der Waals surface area (Å²) < 4.78 is 0. The highest BCUT2D eigenvalue weighted by atomic mass is 15.3. The average molecular weight is 308 g/mol. The van der Waals surface area contributed by atoms with Gasteiger partial charge in [0.25, 0.3) is 0 Å². The molecule has 23 heavy (non-hydrogen) atoms. The number of hydrogen-bond donors (Lipinski definition) is 1. The Labute approximate surface area is 138 Å². The van der Waals surface area contributed by atoms with Crippen molar-refractivity contribution < 1.29 is 0 Å². The van der Waals surface area contributed by atoms with Crippen LogP contribution in [0.25, 0.3) is 11.1 Å². The third-order valence-corrected chi connectivity index (χ3v) is 5.20. The van der Waals surface area contributed by atoms with E-state index in [2.05, 4.69) is 58.2 Å². The molecule has 0 atom stereocenters. The molecule has 0 bridgehead atoms. The van der Waals surface area contributed by atoms with Gasteiger partial charge in [-0.05, 0) is 56.1 Å². The maximum atomic E-state index is 4.65. The molecule has 1 aromatic heterocycles. The summed E-state index contributed by atoms with van der Waals surface area (Å²) in [6.45, 7) is 9.96. The molecule has 2 aliphatic rings. The Kier molecular flexibility index (Phi) is 3.69. The Morgan fingerprint density at radius 2 is 2.04 bits per heavy atom. The summed E-state index contributed by atoms with van der Waals surface area (Å²) >= 11 is 0. The van der Waals surface area contributed by atoms with Gasteiger partial charge >= 0.3 is 0 Å². The second kappa shape index (κ2) is 5.85. The highest BCUT2D eigenvalue weighted by Gasteiger charge is 2.22. The van der Waals surface area contributed by atoms with Gasteiger partial charge in [0.2, 0.25) is 0 Å². The molecule has 2 aromatic rings. The minimum absolute atomic E-state index is 0.867. The minimum Gasteiger partial charge on any atom is -0.351 e. The van der Waals surface area contributed by atoms with E-state index in [1.54, 1.807) is 0 Å². The zero-order chi connectivity index (χ0) is 15.8. The number of pyridine rings is 1. The third-order valence-electron chi connectivity index (χ3n) is 5.20. The van der Waals surface area contributed by atoms with Crippen LogP contribution in [0.4, 0.5) is 11.5 Å². The molecule has 1 saturated heterocycles. The Bertz CT molecular complexity index is 721. The normalized spacial score (nSPS) is 16.9. The molecule has 1 fully saturated rings. The number of fused-ring (bicyclic) bond motifs is 1. The Morgan fingerprint density at radius 3 is 2.83 bits per heavy atom. The van der Waals surface area contributed by atoms with Crippen LogP contribution in [0.1, 0.15) is 17.5 Å². The van der Waals surface area contributed by atoms with Crippen LogP contribution in [0.2, 0.25) is 0 Å². The van der Waals surface area contributed by atoms with Gasteiger partial charge < -0.3 is 15.1 Å². The second-order valence-corrected chi connectivity index (χ2v) is 6.63. The van der Waals surface area contributed by atoms with Crippen LogP contribution >= 0.6 is 0 Å². The van der Waals surface area contributed by atoms with Crippen LogP contribution < -0.4 is 10.2 Å². The van der Waals surface area contributed by atoms with Crippen LogP contribution in [-0.4, -0.2) is 42.7 Å². The molecule has 2 aliphatic heterocycles. The fourth-order valence-corrected chi connectivity index (χ4v) is 3.36. The number of anilines is 2. The zero-order valence-electron chi connectivity index (χ0n) is 14.0. The van der Waals surface area contributed by atoms with Gasteiger partial charge in [0.15, 0.2) is 5.82 Å². The van der Waals surface area contributed by atoms with Crippen molar-refractivity contribution in [1.82, 2.24) is 9.88 Å². The van der Waals surface area contributed by atoms with Crippen molar-refractivity contribution in [3.05, 3.63) is 41.6 Å². The van der Waals surface area contributed by atoms with Crippen LogP contribution in [0, 0.1) is 13.8 Å². The predicted octanol–water partition coefficient (Wildman–Crippen LogP) is 3.26. The highest BCUT2D eigenvalue weighted by molar-refractivity contribution is 5.79. The van der Waals surface area contributed by atoms with Gasteiger partial charge in [0.05, 0.1) is 12.4 Å². The number of nitrogens with zero attached hydrogens (tertiary/aromatic N) is 3. The summed E-state index contributed by atoms with van der Waals surface area (Å²) in [5.74, 6) is 1.02.